The van der Waals surface area contributed by atoms with E-state index in [0.29, 0.717) is 5.56 Å². The van der Waals surface area contributed by atoms with Crippen LogP contribution in [0.1, 0.15) is 27.4 Å². The van der Waals surface area contributed by atoms with Crippen molar-refractivity contribution < 1.29 is 22.8 Å². The van der Waals surface area contributed by atoms with Crippen LogP contribution >= 0.6 is 46.4 Å². The van der Waals surface area contributed by atoms with Crippen molar-refractivity contribution in [2.75, 3.05) is 11.1 Å². The van der Waals surface area contributed by atoms with Crippen LogP contribution in [0, 0.1) is 23.4 Å². The van der Waals surface area contributed by atoms with Crippen molar-refractivity contribution in [1.29, 1.82) is 0 Å². The number of alkyl halides is 2. The lowest BCUT2D eigenvalue weighted by Crippen LogP contribution is -2.17. The molecule has 1 fully saturated rings. The van der Waals surface area contributed by atoms with Crippen molar-refractivity contribution in [2.24, 2.45) is 5.92 Å². The molecule has 0 radical (unpaired) electrons. The summed E-state index contributed by atoms with van der Waals surface area (Å²) in [6, 6.07) is 9.85. The minimum Gasteiger partial charge on any atom is -0.399 e. The lowest BCUT2D eigenvalue weighted by atomic mass is 10.0. The van der Waals surface area contributed by atoms with Crippen LogP contribution in [0.5, 0.6) is 0 Å². The molecule has 182 valence electrons. The Morgan fingerprint density at radius 1 is 0.914 bits per heavy atom. The van der Waals surface area contributed by atoms with E-state index in [2.05, 4.69) is 5.32 Å². The van der Waals surface area contributed by atoms with Gasteiger partial charge < -0.3 is 11.1 Å². The normalized spacial score (nSPS) is 18.3. The number of nitrogens with one attached hydrogen (secondary N) is 1. The Kier molecular flexibility index (Phi) is 6.99. The Balaban J connectivity index is 1.52. The van der Waals surface area contributed by atoms with Crippen molar-refractivity contribution in [2.45, 2.75) is 16.7 Å². The summed E-state index contributed by atoms with van der Waals surface area (Å²) in [4.78, 5) is 25.6. The molecule has 3 N–H and O–H groups in total. The number of benzene rings is 3. The van der Waals surface area contributed by atoms with Gasteiger partial charge in [-0.25, -0.2) is 13.2 Å². The molecule has 0 bridgehead atoms. The number of nitrogens with two attached hydrogens (primary N) is 1. The minimum atomic E-state index is -1.46. The molecule has 0 spiro atoms. The zero-order valence-corrected chi connectivity index (χ0v) is 20.5. The highest BCUT2D eigenvalue weighted by Gasteiger charge is 2.67. The van der Waals surface area contributed by atoms with Crippen molar-refractivity contribution in [1.82, 2.24) is 0 Å². The van der Waals surface area contributed by atoms with Gasteiger partial charge in [-0.3, -0.25) is 9.59 Å². The average Bonchev–Trinajstić information content (AvgIpc) is 3.35. The zero-order chi connectivity index (χ0) is 25.7. The lowest BCUT2D eigenvalue weighted by molar-refractivity contribution is -0.117. The van der Waals surface area contributed by atoms with Gasteiger partial charge in [0, 0.05) is 34.8 Å². The first-order valence-corrected chi connectivity index (χ1v) is 11.6. The van der Waals surface area contributed by atoms with Crippen LogP contribution in [-0.2, 0) is 11.2 Å². The summed E-state index contributed by atoms with van der Waals surface area (Å²) in [5.41, 5.74) is 5.45. The third kappa shape index (κ3) is 5.09. The number of hydrogen-bond donors (Lipinski definition) is 2. The molecule has 3 aromatic carbocycles. The third-order valence-corrected chi connectivity index (χ3v) is 7.23. The van der Waals surface area contributed by atoms with Gasteiger partial charge in [-0.15, -0.1) is 23.2 Å². The van der Waals surface area contributed by atoms with Crippen LogP contribution < -0.4 is 11.1 Å². The molecule has 11 heteroatoms. The minimum absolute atomic E-state index is 0.0264. The number of halogens is 7. The third-order valence-electron chi connectivity index (χ3n) is 5.67. The number of amides is 1. The second kappa shape index (κ2) is 9.54. The molecule has 1 aliphatic rings. The van der Waals surface area contributed by atoms with Gasteiger partial charge in [0.05, 0.1) is 16.0 Å². The molecule has 4 rings (SSSR count). The molecule has 0 aromatic heterocycles. The number of ketones is 1. The molecule has 0 aliphatic heterocycles. The summed E-state index contributed by atoms with van der Waals surface area (Å²) >= 11 is 24.6. The van der Waals surface area contributed by atoms with Crippen LogP contribution in [0.25, 0.3) is 0 Å². The molecule has 0 unspecified atom stereocenters. The smallest absolute Gasteiger partial charge is 0.231 e. The summed E-state index contributed by atoms with van der Waals surface area (Å²) in [6.45, 7) is 0. The van der Waals surface area contributed by atoms with E-state index in [0.717, 1.165) is 18.2 Å². The van der Waals surface area contributed by atoms with Gasteiger partial charge in [-0.05, 0) is 48.0 Å². The van der Waals surface area contributed by atoms with E-state index in [1.165, 1.54) is 30.3 Å². The molecule has 2 atom stereocenters. The monoisotopic (exact) mass is 560 g/mol. The van der Waals surface area contributed by atoms with Crippen LogP contribution in [0.3, 0.4) is 0 Å². The summed E-state index contributed by atoms with van der Waals surface area (Å²) in [5, 5.41) is 2.51. The fraction of sp³-hybridized carbons (Fsp3) is 0.167. The number of anilines is 2. The van der Waals surface area contributed by atoms with Crippen LogP contribution in [0.4, 0.5) is 24.5 Å². The molecule has 1 saturated carbocycles. The first kappa shape index (κ1) is 25.6. The predicted molar refractivity (Wildman–Crippen MR) is 131 cm³/mol. The number of hydrogen-bond acceptors (Lipinski definition) is 3. The summed E-state index contributed by atoms with van der Waals surface area (Å²) in [5.74, 6) is -5.31. The highest BCUT2D eigenvalue weighted by Crippen LogP contribution is 2.65. The lowest BCUT2D eigenvalue weighted by Gasteiger charge is -2.10. The van der Waals surface area contributed by atoms with Crippen LogP contribution in [0.2, 0.25) is 10.0 Å². The SMILES string of the molecule is Nc1cc(F)c(CC(=O)c2cc(NC(=O)[C@H]3[C@H](c4ccc(F)c(Cl)c4)C3(Cl)Cl)ccc2Cl)c(F)c1. The van der Waals surface area contributed by atoms with Crippen LogP contribution in [0.15, 0.2) is 48.5 Å². The first-order valence-electron chi connectivity index (χ1n) is 10.1. The molecule has 0 heterocycles. The van der Waals surface area contributed by atoms with E-state index in [1.54, 1.807) is 0 Å². The quantitative estimate of drug-likeness (QED) is 0.194. The van der Waals surface area contributed by atoms with Crippen LogP contribution in [-0.4, -0.2) is 16.0 Å². The van der Waals surface area contributed by atoms with Gasteiger partial charge in [0.2, 0.25) is 5.91 Å². The van der Waals surface area contributed by atoms with Gasteiger partial charge in [0.25, 0.3) is 0 Å². The van der Waals surface area contributed by atoms with E-state index in [1.807, 2.05) is 0 Å². The average molecular weight is 562 g/mol. The zero-order valence-electron chi connectivity index (χ0n) is 17.5. The number of carbonyl (C=O) groups excluding carboxylic acids is 2. The number of Topliss-reactive ketones (excluding diaryl/α,β-unsaturated/α-hetero) is 1. The molecule has 3 aromatic rings. The molecule has 1 amide bonds. The number of carbonyl (C=O) groups is 2. The highest BCUT2D eigenvalue weighted by atomic mass is 35.5. The van der Waals surface area contributed by atoms with Crippen molar-refractivity contribution in [3.8, 4) is 0 Å². The Hall–Kier alpha value is -2.45. The summed E-state index contributed by atoms with van der Waals surface area (Å²) < 4.78 is 40.3. The maximum Gasteiger partial charge on any atom is 0.231 e. The standard InChI is InChI=1S/C24H15Cl4F3N2O2/c25-15-3-2-12(8-13(15)20(34)9-14-18(30)6-11(32)7-19(14)31)33-23(35)22-21(24(22,27)28)10-1-4-17(29)16(26)5-10/h1-8,21-22H,9,32H2,(H,33,35)/t21-,22+/m0/s1. The van der Waals surface area contributed by atoms with E-state index < -0.39 is 57.3 Å². The Morgan fingerprint density at radius 3 is 2.20 bits per heavy atom. The molecular formula is C24H15Cl4F3N2O2. The second-order valence-electron chi connectivity index (χ2n) is 8.05. The Morgan fingerprint density at radius 2 is 1.57 bits per heavy atom. The van der Waals surface area contributed by atoms with Crippen molar-refractivity contribution in [3.63, 3.8) is 0 Å². The van der Waals surface area contributed by atoms with E-state index in [9.17, 15) is 22.8 Å². The predicted octanol–water partition coefficient (Wildman–Crippen LogP) is 6.94. The van der Waals surface area contributed by atoms with Gasteiger partial charge in [0.1, 0.15) is 21.8 Å². The molecular weight excluding hydrogens is 547 g/mol. The van der Waals surface area contributed by atoms with Gasteiger partial charge >= 0.3 is 0 Å². The molecule has 4 nitrogen and oxygen atoms in total. The summed E-state index contributed by atoms with van der Waals surface area (Å²) in [7, 11) is 0. The number of nitrogen functional groups attached to an aromatic ring is 1. The van der Waals surface area contributed by atoms with E-state index in [4.69, 9.17) is 52.1 Å². The molecule has 0 saturated heterocycles. The maximum atomic E-state index is 14.1. The van der Waals surface area contributed by atoms with Gasteiger partial charge in [-0.1, -0.05) is 29.3 Å². The van der Waals surface area contributed by atoms with Crippen molar-refractivity contribution >= 4 is 69.5 Å². The summed E-state index contributed by atoms with van der Waals surface area (Å²) in [6.07, 6.45) is -0.614. The molecule has 35 heavy (non-hydrogen) atoms. The number of rotatable bonds is 6. The van der Waals surface area contributed by atoms with Gasteiger partial charge in [-0.2, -0.15) is 0 Å². The van der Waals surface area contributed by atoms with E-state index in [-0.39, 0.29) is 27.0 Å². The first-order chi connectivity index (χ1) is 16.4. The van der Waals surface area contributed by atoms with Gasteiger partial charge in [0.15, 0.2) is 5.78 Å². The Bertz CT molecular complexity index is 1340. The van der Waals surface area contributed by atoms with Crippen molar-refractivity contribution in [3.05, 3.63) is 92.7 Å². The topological polar surface area (TPSA) is 72.2 Å². The fourth-order valence-corrected chi connectivity index (χ4v) is 5.10. The maximum absolute atomic E-state index is 14.1. The Labute approximate surface area is 218 Å². The van der Waals surface area contributed by atoms with E-state index >= 15 is 0 Å². The largest absolute Gasteiger partial charge is 0.399 e. The fourth-order valence-electron chi connectivity index (χ4n) is 3.86. The highest BCUT2D eigenvalue weighted by molar-refractivity contribution is 6.53. The molecule has 1 aliphatic carbocycles. The second-order valence-corrected chi connectivity index (χ2v) is 10.3.